The van der Waals surface area contributed by atoms with E-state index in [1.807, 2.05) is 19.1 Å². The first-order chi connectivity index (χ1) is 16.5. The molecular weight excluding hydrogens is 436 g/mol. The Morgan fingerprint density at radius 1 is 0.971 bits per heavy atom. The van der Waals surface area contributed by atoms with Gasteiger partial charge in [0.05, 0.1) is 35.4 Å². The number of esters is 1. The van der Waals surface area contributed by atoms with E-state index >= 15 is 0 Å². The molecule has 5 rings (SSSR count). The molecule has 0 unspecified atom stereocenters. The van der Waals surface area contributed by atoms with Gasteiger partial charge >= 0.3 is 5.97 Å². The van der Waals surface area contributed by atoms with Crippen molar-refractivity contribution in [1.29, 1.82) is 0 Å². The summed E-state index contributed by atoms with van der Waals surface area (Å²) < 4.78 is 10.6. The molecule has 174 valence electrons. The molecular formula is C26H24N2O6. The quantitative estimate of drug-likeness (QED) is 0.387. The van der Waals surface area contributed by atoms with Crippen LogP contribution in [0.1, 0.15) is 23.7 Å². The number of benzene rings is 2. The van der Waals surface area contributed by atoms with Crippen LogP contribution in [-0.2, 0) is 19.1 Å². The minimum Gasteiger partial charge on any atom is -0.492 e. The highest BCUT2D eigenvalue weighted by Crippen LogP contribution is 2.53. The van der Waals surface area contributed by atoms with Gasteiger partial charge < -0.3 is 14.8 Å². The van der Waals surface area contributed by atoms with Crippen molar-refractivity contribution in [1.82, 2.24) is 0 Å². The molecule has 8 nitrogen and oxygen atoms in total. The normalized spacial score (nSPS) is 24.3. The minimum absolute atomic E-state index is 0.136. The topological polar surface area (TPSA) is 102 Å². The number of hydrogen-bond donors (Lipinski definition) is 1. The van der Waals surface area contributed by atoms with Gasteiger partial charge in [-0.15, -0.1) is 0 Å². The summed E-state index contributed by atoms with van der Waals surface area (Å²) in [5, 5.41) is 2.66. The molecule has 2 aromatic rings. The Kier molecular flexibility index (Phi) is 5.65. The van der Waals surface area contributed by atoms with Crippen LogP contribution < -0.4 is 15.0 Å². The summed E-state index contributed by atoms with van der Waals surface area (Å²) in [5.41, 5.74) is 1.14. The Labute approximate surface area is 196 Å². The first kappa shape index (κ1) is 21.9. The van der Waals surface area contributed by atoms with Crippen molar-refractivity contribution in [3.63, 3.8) is 0 Å². The van der Waals surface area contributed by atoms with Crippen molar-refractivity contribution in [2.24, 2.45) is 23.7 Å². The van der Waals surface area contributed by atoms with Gasteiger partial charge in [0.2, 0.25) is 11.8 Å². The summed E-state index contributed by atoms with van der Waals surface area (Å²) in [6.45, 7) is 1.82. The number of fused-ring (bicyclic) bond motifs is 5. The standard InChI is InChI=1S/C26H24N2O6/c1-2-33-20-6-4-3-5-19(20)27-21(29)14-34-26(32)15-9-11-18(12-10-15)28-24(30)22-16-7-8-17(13-16)23(22)25(28)31/h3-12,16-17,22-23H,2,13-14H2,1H3,(H,27,29)/t16-,17-,22-,23+/m0/s1. The van der Waals surface area contributed by atoms with E-state index in [0.29, 0.717) is 23.7 Å². The third kappa shape index (κ3) is 3.75. The van der Waals surface area contributed by atoms with Crippen LogP contribution in [-0.4, -0.2) is 36.9 Å². The number of allylic oxidation sites excluding steroid dienone is 2. The Balaban J connectivity index is 1.19. The number of amides is 3. The van der Waals surface area contributed by atoms with Gasteiger partial charge in [-0.3, -0.25) is 19.3 Å². The number of para-hydroxylation sites is 2. The summed E-state index contributed by atoms with van der Waals surface area (Å²) in [4.78, 5) is 51.7. The fraction of sp³-hybridized carbons (Fsp3) is 0.308. The van der Waals surface area contributed by atoms with Crippen LogP contribution in [0.4, 0.5) is 11.4 Å². The summed E-state index contributed by atoms with van der Waals surface area (Å²) in [7, 11) is 0. The van der Waals surface area contributed by atoms with Crippen LogP contribution in [0.15, 0.2) is 60.7 Å². The molecule has 2 aromatic carbocycles. The van der Waals surface area contributed by atoms with Crippen molar-refractivity contribution in [2.45, 2.75) is 13.3 Å². The fourth-order valence-corrected chi connectivity index (χ4v) is 5.16. The highest BCUT2D eigenvalue weighted by molar-refractivity contribution is 6.22. The molecule has 2 aliphatic carbocycles. The van der Waals surface area contributed by atoms with Gasteiger partial charge in [-0.2, -0.15) is 0 Å². The highest BCUT2D eigenvalue weighted by Gasteiger charge is 2.59. The number of carbonyl (C=O) groups is 4. The molecule has 0 radical (unpaired) electrons. The maximum absolute atomic E-state index is 12.9. The molecule has 1 heterocycles. The van der Waals surface area contributed by atoms with Gasteiger partial charge in [-0.25, -0.2) is 4.79 Å². The molecule has 4 atom stereocenters. The van der Waals surface area contributed by atoms with Crippen molar-refractivity contribution < 1.29 is 28.7 Å². The van der Waals surface area contributed by atoms with Gasteiger partial charge in [0.15, 0.2) is 6.61 Å². The summed E-state index contributed by atoms with van der Waals surface area (Å²) in [5.74, 6) is -1.29. The predicted octanol–water partition coefficient (Wildman–Crippen LogP) is 3.19. The average molecular weight is 460 g/mol. The molecule has 8 heteroatoms. The molecule has 1 N–H and O–H groups in total. The Hall–Kier alpha value is -3.94. The van der Waals surface area contributed by atoms with E-state index in [1.54, 1.807) is 36.4 Å². The molecule has 2 bridgehead atoms. The lowest BCUT2D eigenvalue weighted by Crippen LogP contribution is -2.32. The van der Waals surface area contributed by atoms with Crippen LogP contribution in [0, 0.1) is 23.7 Å². The second-order valence-electron chi connectivity index (χ2n) is 8.61. The zero-order chi connectivity index (χ0) is 23.8. The van der Waals surface area contributed by atoms with Crippen molar-refractivity contribution in [2.75, 3.05) is 23.4 Å². The first-order valence-corrected chi connectivity index (χ1v) is 11.3. The van der Waals surface area contributed by atoms with E-state index < -0.39 is 18.5 Å². The minimum atomic E-state index is -0.682. The molecule has 0 spiro atoms. The third-order valence-electron chi connectivity index (χ3n) is 6.63. The van der Waals surface area contributed by atoms with Crippen molar-refractivity contribution in [3.8, 4) is 5.75 Å². The van der Waals surface area contributed by atoms with E-state index in [4.69, 9.17) is 9.47 Å². The monoisotopic (exact) mass is 460 g/mol. The molecule has 3 aliphatic rings. The van der Waals surface area contributed by atoms with E-state index in [0.717, 1.165) is 6.42 Å². The van der Waals surface area contributed by atoms with Crippen molar-refractivity contribution in [3.05, 3.63) is 66.2 Å². The first-order valence-electron chi connectivity index (χ1n) is 11.3. The number of nitrogens with one attached hydrogen (secondary N) is 1. The zero-order valence-electron chi connectivity index (χ0n) is 18.6. The number of imide groups is 1. The third-order valence-corrected chi connectivity index (χ3v) is 6.63. The number of ether oxygens (including phenoxy) is 2. The van der Waals surface area contributed by atoms with E-state index in [2.05, 4.69) is 5.32 Å². The van der Waals surface area contributed by atoms with Crippen LogP contribution in [0.5, 0.6) is 5.75 Å². The molecule has 0 aromatic heterocycles. The lowest BCUT2D eigenvalue weighted by atomic mass is 9.85. The maximum Gasteiger partial charge on any atom is 0.338 e. The number of rotatable bonds is 7. The Bertz CT molecular complexity index is 1160. The van der Waals surface area contributed by atoms with Gasteiger partial charge in [0, 0.05) is 0 Å². The second kappa shape index (κ2) is 8.78. The second-order valence-corrected chi connectivity index (χ2v) is 8.61. The number of nitrogens with zero attached hydrogens (tertiary/aromatic N) is 1. The van der Waals surface area contributed by atoms with E-state index in [-0.39, 0.29) is 41.0 Å². The van der Waals surface area contributed by atoms with E-state index in [1.165, 1.54) is 17.0 Å². The molecule has 1 saturated carbocycles. The zero-order valence-corrected chi connectivity index (χ0v) is 18.6. The van der Waals surface area contributed by atoms with Gasteiger partial charge in [-0.1, -0.05) is 24.3 Å². The number of carbonyl (C=O) groups excluding carboxylic acids is 4. The SMILES string of the molecule is CCOc1ccccc1NC(=O)COC(=O)c1ccc(N2C(=O)[C@@H]3[C@H](C2=O)[C@H]2C=C[C@H]3C2)cc1. The average Bonchev–Trinajstić information content (AvgIpc) is 3.53. The summed E-state index contributed by atoms with van der Waals surface area (Å²) in [6.07, 6.45) is 4.96. The van der Waals surface area contributed by atoms with Gasteiger partial charge in [0.1, 0.15) is 5.75 Å². The smallest absolute Gasteiger partial charge is 0.338 e. The van der Waals surface area contributed by atoms with Crippen LogP contribution in [0.3, 0.4) is 0 Å². The molecule has 1 aliphatic heterocycles. The molecule has 1 saturated heterocycles. The fourth-order valence-electron chi connectivity index (χ4n) is 5.16. The summed E-state index contributed by atoms with van der Waals surface area (Å²) in [6, 6.07) is 13.1. The van der Waals surface area contributed by atoms with E-state index in [9.17, 15) is 19.2 Å². The Morgan fingerprint density at radius 3 is 2.26 bits per heavy atom. The van der Waals surface area contributed by atoms with Gasteiger partial charge in [0.25, 0.3) is 5.91 Å². The van der Waals surface area contributed by atoms with Crippen LogP contribution >= 0.6 is 0 Å². The lowest BCUT2D eigenvalue weighted by Gasteiger charge is -2.17. The molecule has 3 amide bonds. The molecule has 34 heavy (non-hydrogen) atoms. The number of hydrogen-bond acceptors (Lipinski definition) is 6. The summed E-state index contributed by atoms with van der Waals surface area (Å²) >= 11 is 0. The number of anilines is 2. The van der Waals surface area contributed by atoms with Gasteiger partial charge in [-0.05, 0) is 61.6 Å². The maximum atomic E-state index is 12.9. The van der Waals surface area contributed by atoms with Crippen molar-refractivity contribution >= 4 is 35.1 Å². The molecule has 2 fully saturated rings. The van der Waals surface area contributed by atoms with Crippen LogP contribution in [0.2, 0.25) is 0 Å². The Morgan fingerprint density at radius 2 is 1.62 bits per heavy atom. The highest BCUT2D eigenvalue weighted by atomic mass is 16.5. The largest absolute Gasteiger partial charge is 0.492 e. The van der Waals surface area contributed by atoms with Crippen LogP contribution in [0.25, 0.3) is 0 Å². The lowest BCUT2D eigenvalue weighted by molar-refractivity contribution is -0.123. The predicted molar refractivity (Wildman–Crippen MR) is 123 cm³/mol.